The maximum absolute atomic E-state index is 9.72. The number of fused-ring (bicyclic) bond motifs is 4. The van der Waals surface area contributed by atoms with Crippen LogP contribution < -0.4 is 4.74 Å². The number of allylic oxidation sites excluding steroid dienone is 2. The highest BCUT2D eigenvalue weighted by molar-refractivity contribution is 6.03. The first-order chi connectivity index (χ1) is 12.8. The van der Waals surface area contributed by atoms with Crippen molar-refractivity contribution in [2.45, 2.75) is 18.8 Å². The van der Waals surface area contributed by atoms with Crippen LogP contribution in [0.4, 0.5) is 0 Å². The van der Waals surface area contributed by atoms with Gasteiger partial charge in [-0.3, -0.25) is 0 Å². The molecule has 2 aliphatic rings. The summed E-state index contributed by atoms with van der Waals surface area (Å²) in [6, 6.07) is 22.8. The molecule has 26 heavy (non-hydrogen) atoms. The zero-order chi connectivity index (χ0) is 17.7. The van der Waals surface area contributed by atoms with Gasteiger partial charge in [-0.05, 0) is 76.1 Å². The van der Waals surface area contributed by atoms with Crippen LogP contribution in [0.5, 0.6) is 11.5 Å². The molecule has 0 aliphatic heterocycles. The molecule has 0 fully saturated rings. The third kappa shape index (κ3) is 2.19. The van der Waals surface area contributed by atoms with Gasteiger partial charge in [0.05, 0.1) is 7.11 Å². The molecule has 0 radical (unpaired) electrons. The van der Waals surface area contributed by atoms with Crippen molar-refractivity contribution in [2.75, 3.05) is 7.11 Å². The predicted molar refractivity (Wildman–Crippen MR) is 105 cm³/mol. The van der Waals surface area contributed by atoms with Gasteiger partial charge < -0.3 is 9.84 Å². The van der Waals surface area contributed by atoms with Crippen molar-refractivity contribution in [1.82, 2.24) is 0 Å². The number of methoxy groups -OCH3 is 1. The fraction of sp³-hybridized carbons (Fsp3) is 0.167. The zero-order valence-electron chi connectivity index (χ0n) is 14.7. The molecule has 5 rings (SSSR count). The largest absolute Gasteiger partial charge is 0.508 e. The molecule has 1 atom stereocenters. The fourth-order valence-electron chi connectivity index (χ4n) is 4.51. The van der Waals surface area contributed by atoms with Crippen molar-refractivity contribution in [3.63, 3.8) is 0 Å². The van der Waals surface area contributed by atoms with Crippen LogP contribution in [0.2, 0.25) is 0 Å². The lowest BCUT2D eigenvalue weighted by Gasteiger charge is -2.24. The second kappa shape index (κ2) is 5.77. The van der Waals surface area contributed by atoms with Gasteiger partial charge in [-0.15, -0.1) is 0 Å². The summed E-state index contributed by atoms with van der Waals surface area (Å²) in [5.41, 5.74) is 9.51. The van der Waals surface area contributed by atoms with Crippen LogP contribution in [0.1, 0.15) is 40.2 Å². The molecule has 0 spiro atoms. The molecule has 0 amide bonds. The molecule has 3 aromatic carbocycles. The van der Waals surface area contributed by atoms with Crippen LogP contribution in [-0.2, 0) is 6.42 Å². The van der Waals surface area contributed by atoms with Gasteiger partial charge in [0.25, 0.3) is 0 Å². The summed E-state index contributed by atoms with van der Waals surface area (Å²) in [5.74, 6) is 1.41. The molecule has 0 heterocycles. The van der Waals surface area contributed by atoms with Crippen molar-refractivity contribution < 1.29 is 9.84 Å². The number of hydrogen-bond donors (Lipinski definition) is 1. The quantitative estimate of drug-likeness (QED) is 0.676. The van der Waals surface area contributed by atoms with E-state index in [0.29, 0.717) is 5.75 Å². The van der Waals surface area contributed by atoms with Crippen LogP contribution in [-0.4, -0.2) is 12.2 Å². The summed E-state index contributed by atoms with van der Waals surface area (Å²) in [6.07, 6.45) is 2.13. The Morgan fingerprint density at radius 3 is 2.50 bits per heavy atom. The van der Waals surface area contributed by atoms with Crippen molar-refractivity contribution in [1.29, 1.82) is 0 Å². The normalized spacial score (nSPS) is 17.5. The van der Waals surface area contributed by atoms with Crippen LogP contribution in [0, 0.1) is 0 Å². The molecule has 0 aromatic heterocycles. The van der Waals surface area contributed by atoms with Gasteiger partial charge in [0.1, 0.15) is 11.5 Å². The molecule has 0 bridgehead atoms. The summed E-state index contributed by atoms with van der Waals surface area (Å²) in [4.78, 5) is 0. The number of phenols is 1. The minimum atomic E-state index is 0.202. The Morgan fingerprint density at radius 2 is 1.69 bits per heavy atom. The van der Waals surface area contributed by atoms with Gasteiger partial charge in [0, 0.05) is 5.92 Å². The fourth-order valence-corrected chi connectivity index (χ4v) is 4.51. The number of aromatic hydroxyl groups is 1. The summed E-state index contributed by atoms with van der Waals surface area (Å²) < 4.78 is 5.49. The van der Waals surface area contributed by atoms with E-state index in [9.17, 15) is 5.11 Å². The highest BCUT2D eigenvalue weighted by Crippen LogP contribution is 2.54. The van der Waals surface area contributed by atoms with Gasteiger partial charge in [0.2, 0.25) is 0 Å². The molecule has 2 heteroatoms. The number of benzene rings is 3. The SMILES string of the molecule is COc1ccc2c(c1)C1=C(c3ccccc3CC1)C2c1ccc(O)cc1. The third-order valence-corrected chi connectivity index (χ3v) is 5.69. The van der Waals surface area contributed by atoms with E-state index >= 15 is 0 Å². The van der Waals surface area contributed by atoms with Gasteiger partial charge in [-0.1, -0.05) is 42.5 Å². The summed E-state index contributed by atoms with van der Waals surface area (Å²) in [5, 5.41) is 9.72. The third-order valence-electron chi connectivity index (χ3n) is 5.69. The van der Waals surface area contributed by atoms with Gasteiger partial charge in [-0.25, -0.2) is 0 Å². The minimum absolute atomic E-state index is 0.202. The lowest BCUT2D eigenvalue weighted by Crippen LogP contribution is -2.06. The molecular formula is C24H20O2. The van der Waals surface area contributed by atoms with Crippen LogP contribution in [0.25, 0.3) is 11.1 Å². The molecule has 0 saturated heterocycles. The Hall–Kier alpha value is -3.00. The standard InChI is InChI=1S/C24H20O2/c1-26-18-11-13-20-22(14-18)21-12-8-15-4-2-3-5-19(15)24(21)23(20)16-6-9-17(25)10-7-16/h2-7,9-11,13-14,23,25H,8,12H2,1H3. The van der Waals surface area contributed by atoms with Gasteiger partial charge >= 0.3 is 0 Å². The Labute approximate surface area is 153 Å². The second-order valence-electron chi connectivity index (χ2n) is 7.03. The molecule has 1 N–H and O–H groups in total. The van der Waals surface area contributed by atoms with E-state index in [0.717, 1.165) is 18.6 Å². The molecular weight excluding hydrogens is 320 g/mol. The van der Waals surface area contributed by atoms with E-state index in [1.807, 2.05) is 12.1 Å². The molecule has 1 unspecified atom stereocenters. The zero-order valence-corrected chi connectivity index (χ0v) is 14.7. The van der Waals surface area contributed by atoms with E-state index in [-0.39, 0.29) is 5.92 Å². The van der Waals surface area contributed by atoms with E-state index in [1.54, 1.807) is 19.2 Å². The van der Waals surface area contributed by atoms with E-state index < -0.39 is 0 Å². The first-order valence-corrected chi connectivity index (χ1v) is 9.05. The van der Waals surface area contributed by atoms with E-state index in [4.69, 9.17) is 4.74 Å². The topological polar surface area (TPSA) is 29.5 Å². The number of hydrogen-bond acceptors (Lipinski definition) is 2. The maximum atomic E-state index is 9.72. The number of ether oxygens (including phenoxy) is 1. The smallest absolute Gasteiger partial charge is 0.119 e. The molecule has 2 aliphatic carbocycles. The Kier molecular flexibility index (Phi) is 3.39. The predicted octanol–water partition coefficient (Wildman–Crippen LogP) is 5.40. The average Bonchev–Trinajstić information content (AvgIpc) is 3.02. The van der Waals surface area contributed by atoms with Gasteiger partial charge in [0.15, 0.2) is 0 Å². The Morgan fingerprint density at radius 1 is 0.885 bits per heavy atom. The monoisotopic (exact) mass is 340 g/mol. The summed E-state index contributed by atoms with van der Waals surface area (Å²) in [6.45, 7) is 0. The number of rotatable bonds is 2. The molecule has 2 nitrogen and oxygen atoms in total. The highest BCUT2D eigenvalue weighted by Gasteiger charge is 2.36. The molecule has 0 saturated carbocycles. The average molecular weight is 340 g/mol. The minimum Gasteiger partial charge on any atom is -0.508 e. The highest BCUT2D eigenvalue weighted by atomic mass is 16.5. The molecule has 128 valence electrons. The van der Waals surface area contributed by atoms with Crippen molar-refractivity contribution in [2.24, 2.45) is 0 Å². The lowest BCUT2D eigenvalue weighted by atomic mass is 9.80. The Balaban J connectivity index is 1.78. The first kappa shape index (κ1) is 15.3. The van der Waals surface area contributed by atoms with Crippen molar-refractivity contribution in [3.8, 4) is 11.5 Å². The van der Waals surface area contributed by atoms with E-state index in [2.05, 4.69) is 42.5 Å². The second-order valence-corrected chi connectivity index (χ2v) is 7.03. The van der Waals surface area contributed by atoms with Crippen molar-refractivity contribution in [3.05, 3.63) is 94.5 Å². The first-order valence-electron chi connectivity index (χ1n) is 9.05. The van der Waals surface area contributed by atoms with Gasteiger partial charge in [-0.2, -0.15) is 0 Å². The van der Waals surface area contributed by atoms with Crippen LogP contribution in [0.3, 0.4) is 0 Å². The summed E-state index contributed by atoms with van der Waals surface area (Å²) >= 11 is 0. The lowest BCUT2D eigenvalue weighted by molar-refractivity contribution is 0.414. The van der Waals surface area contributed by atoms with Crippen molar-refractivity contribution >= 4 is 11.1 Å². The molecule has 3 aromatic rings. The number of aryl methyl sites for hydroxylation is 1. The van der Waals surface area contributed by atoms with Crippen LogP contribution >= 0.6 is 0 Å². The summed E-state index contributed by atoms with van der Waals surface area (Å²) in [7, 11) is 1.72. The van der Waals surface area contributed by atoms with E-state index in [1.165, 1.54) is 39.0 Å². The number of phenolic OH excluding ortho intramolecular Hbond substituents is 1. The van der Waals surface area contributed by atoms with Crippen LogP contribution in [0.15, 0.2) is 66.7 Å². The maximum Gasteiger partial charge on any atom is 0.119 e. The Bertz CT molecular complexity index is 1030.